The predicted molar refractivity (Wildman–Crippen MR) is 79.4 cm³/mol. The molecule has 0 fully saturated rings. The van der Waals surface area contributed by atoms with Crippen molar-refractivity contribution in [2.24, 2.45) is 5.73 Å². The van der Waals surface area contributed by atoms with Gasteiger partial charge in [0.15, 0.2) is 0 Å². The first-order valence-electron chi connectivity index (χ1n) is 6.46. The fourth-order valence-corrected chi connectivity index (χ4v) is 2.04. The van der Waals surface area contributed by atoms with Gasteiger partial charge in [0.25, 0.3) is 0 Å². The van der Waals surface area contributed by atoms with Crippen LogP contribution in [0.25, 0.3) is 0 Å². The lowest BCUT2D eigenvalue weighted by Crippen LogP contribution is -2.16. The Balaban J connectivity index is 2.10. The number of nitrogens with zero attached hydrogens (tertiary/aromatic N) is 1. The Morgan fingerprint density at radius 2 is 1.85 bits per heavy atom. The van der Waals surface area contributed by atoms with Gasteiger partial charge in [0.1, 0.15) is 11.6 Å². The summed E-state index contributed by atoms with van der Waals surface area (Å²) < 4.78 is 18.9. The van der Waals surface area contributed by atoms with Gasteiger partial charge < -0.3 is 15.4 Å². The van der Waals surface area contributed by atoms with E-state index in [4.69, 9.17) is 10.5 Å². The molecule has 0 heterocycles. The van der Waals surface area contributed by atoms with Gasteiger partial charge in [0, 0.05) is 31.4 Å². The van der Waals surface area contributed by atoms with Gasteiger partial charge in [-0.2, -0.15) is 0 Å². The average Bonchev–Trinajstić information content (AvgIpc) is 2.48. The van der Waals surface area contributed by atoms with E-state index in [0.717, 1.165) is 17.0 Å². The minimum absolute atomic E-state index is 0.217. The molecule has 0 atom stereocenters. The molecule has 2 aromatic rings. The van der Waals surface area contributed by atoms with Gasteiger partial charge in [-0.15, -0.1) is 0 Å². The van der Waals surface area contributed by atoms with Crippen LogP contribution in [-0.4, -0.2) is 14.2 Å². The van der Waals surface area contributed by atoms with Crippen molar-refractivity contribution in [3.8, 4) is 5.75 Å². The number of benzene rings is 2. The van der Waals surface area contributed by atoms with E-state index in [1.165, 1.54) is 6.07 Å². The first-order chi connectivity index (χ1) is 9.63. The predicted octanol–water partition coefficient (Wildman–Crippen LogP) is 2.93. The number of methoxy groups -OCH3 is 1. The molecule has 0 saturated carbocycles. The molecule has 3 nitrogen and oxygen atoms in total. The third kappa shape index (κ3) is 3.27. The third-order valence-corrected chi connectivity index (χ3v) is 3.28. The highest BCUT2D eigenvalue weighted by molar-refractivity contribution is 5.48. The summed E-state index contributed by atoms with van der Waals surface area (Å²) in [4.78, 5) is 1.99. The Morgan fingerprint density at radius 3 is 2.40 bits per heavy atom. The Bertz CT molecular complexity index is 569. The first kappa shape index (κ1) is 14.3. The van der Waals surface area contributed by atoms with E-state index in [0.29, 0.717) is 12.1 Å². The molecule has 20 heavy (non-hydrogen) atoms. The molecule has 0 spiro atoms. The van der Waals surface area contributed by atoms with Crippen molar-refractivity contribution in [1.82, 2.24) is 0 Å². The minimum Gasteiger partial charge on any atom is -0.497 e. The number of hydrogen-bond acceptors (Lipinski definition) is 3. The number of hydrogen-bond donors (Lipinski definition) is 1. The van der Waals surface area contributed by atoms with E-state index < -0.39 is 0 Å². The van der Waals surface area contributed by atoms with E-state index in [-0.39, 0.29) is 12.4 Å². The molecule has 2 rings (SSSR count). The minimum atomic E-state index is -0.258. The van der Waals surface area contributed by atoms with Crippen LogP contribution in [0.1, 0.15) is 11.1 Å². The van der Waals surface area contributed by atoms with Gasteiger partial charge in [0.05, 0.1) is 7.11 Å². The molecule has 0 aliphatic heterocycles. The van der Waals surface area contributed by atoms with Gasteiger partial charge in [-0.25, -0.2) is 4.39 Å². The lowest BCUT2D eigenvalue weighted by atomic mass is 10.1. The van der Waals surface area contributed by atoms with Crippen molar-refractivity contribution in [2.45, 2.75) is 13.1 Å². The number of ether oxygens (including phenoxy) is 1. The summed E-state index contributed by atoms with van der Waals surface area (Å²) in [6.45, 7) is 0.916. The second kappa shape index (κ2) is 6.39. The van der Waals surface area contributed by atoms with Crippen molar-refractivity contribution in [3.63, 3.8) is 0 Å². The molecular weight excluding hydrogens is 255 g/mol. The van der Waals surface area contributed by atoms with Crippen LogP contribution in [0.2, 0.25) is 0 Å². The molecule has 0 saturated heterocycles. The van der Waals surface area contributed by atoms with Crippen molar-refractivity contribution in [1.29, 1.82) is 0 Å². The normalized spacial score (nSPS) is 10.4. The second-order valence-electron chi connectivity index (χ2n) is 4.68. The monoisotopic (exact) mass is 274 g/mol. The van der Waals surface area contributed by atoms with Gasteiger partial charge in [-0.1, -0.05) is 18.2 Å². The molecule has 0 aliphatic rings. The van der Waals surface area contributed by atoms with Crippen molar-refractivity contribution < 1.29 is 9.13 Å². The van der Waals surface area contributed by atoms with Crippen molar-refractivity contribution >= 4 is 5.69 Å². The maximum Gasteiger partial charge on any atom is 0.129 e. The highest BCUT2D eigenvalue weighted by atomic mass is 19.1. The van der Waals surface area contributed by atoms with Crippen LogP contribution in [0.15, 0.2) is 42.5 Å². The van der Waals surface area contributed by atoms with Gasteiger partial charge in [-0.05, 0) is 29.8 Å². The topological polar surface area (TPSA) is 38.5 Å². The molecule has 2 aromatic carbocycles. The quantitative estimate of drug-likeness (QED) is 0.911. The molecule has 0 unspecified atom stereocenters. The third-order valence-electron chi connectivity index (χ3n) is 3.28. The van der Waals surface area contributed by atoms with Crippen molar-refractivity contribution in [2.75, 3.05) is 19.1 Å². The zero-order chi connectivity index (χ0) is 14.5. The molecule has 0 aliphatic carbocycles. The average molecular weight is 274 g/mol. The number of anilines is 1. The highest BCUT2D eigenvalue weighted by Crippen LogP contribution is 2.20. The summed E-state index contributed by atoms with van der Waals surface area (Å²) in [6, 6.07) is 13.0. The van der Waals surface area contributed by atoms with Crippen LogP contribution < -0.4 is 15.4 Å². The zero-order valence-corrected chi connectivity index (χ0v) is 11.8. The summed E-state index contributed by atoms with van der Waals surface area (Å²) in [5, 5.41) is 0. The Hall–Kier alpha value is -2.07. The number of halogens is 1. The Morgan fingerprint density at radius 1 is 1.15 bits per heavy atom. The lowest BCUT2D eigenvalue weighted by Gasteiger charge is -2.20. The summed E-state index contributed by atoms with van der Waals surface area (Å²) in [7, 11) is 3.57. The van der Waals surface area contributed by atoms with Gasteiger partial charge >= 0.3 is 0 Å². The second-order valence-corrected chi connectivity index (χ2v) is 4.68. The van der Waals surface area contributed by atoms with E-state index in [1.807, 2.05) is 42.3 Å². The smallest absolute Gasteiger partial charge is 0.129 e. The standard InChI is InChI=1S/C16H19FN2O/c1-19(11-12-3-7-15(20-2)8-4-12)14-6-5-13(10-18)16(17)9-14/h3-9H,10-11,18H2,1-2H3. The van der Waals surface area contributed by atoms with Crippen LogP contribution in [0.3, 0.4) is 0 Å². The van der Waals surface area contributed by atoms with Crippen LogP contribution in [0.5, 0.6) is 5.75 Å². The number of rotatable bonds is 5. The van der Waals surface area contributed by atoms with E-state index in [2.05, 4.69) is 0 Å². The summed E-state index contributed by atoms with van der Waals surface area (Å²) >= 11 is 0. The Kier molecular flexibility index (Phi) is 4.58. The molecule has 106 valence electrons. The summed E-state index contributed by atoms with van der Waals surface area (Å²) in [5.74, 6) is 0.571. The van der Waals surface area contributed by atoms with Gasteiger partial charge in [-0.3, -0.25) is 0 Å². The van der Waals surface area contributed by atoms with E-state index in [1.54, 1.807) is 13.2 Å². The molecule has 0 amide bonds. The SMILES string of the molecule is COc1ccc(CN(C)c2ccc(CN)c(F)c2)cc1. The molecule has 0 radical (unpaired) electrons. The summed E-state index contributed by atoms with van der Waals surface area (Å²) in [6.07, 6.45) is 0. The fourth-order valence-electron chi connectivity index (χ4n) is 2.04. The number of nitrogens with two attached hydrogens (primary N) is 1. The summed E-state index contributed by atoms with van der Waals surface area (Å²) in [5.41, 5.74) is 7.96. The maximum atomic E-state index is 13.7. The fraction of sp³-hybridized carbons (Fsp3) is 0.250. The van der Waals surface area contributed by atoms with E-state index >= 15 is 0 Å². The maximum absolute atomic E-state index is 13.7. The highest BCUT2D eigenvalue weighted by Gasteiger charge is 2.06. The van der Waals surface area contributed by atoms with Crippen molar-refractivity contribution in [3.05, 3.63) is 59.4 Å². The molecule has 0 bridgehead atoms. The van der Waals surface area contributed by atoms with Crippen LogP contribution in [0, 0.1) is 5.82 Å². The van der Waals surface area contributed by atoms with Gasteiger partial charge in [0.2, 0.25) is 0 Å². The van der Waals surface area contributed by atoms with E-state index in [9.17, 15) is 4.39 Å². The molecule has 4 heteroatoms. The Labute approximate surface area is 118 Å². The zero-order valence-electron chi connectivity index (χ0n) is 11.8. The lowest BCUT2D eigenvalue weighted by molar-refractivity contribution is 0.414. The molecule has 0 aromatic heterocycles. The molecule has 2 N–H and O–H groups in total. The van der Waals surface area contributed by atoms with Crippen LogP contribution >= 0.6 is 0 Å². The van der Waals surface area contributed by atoms with Crippen LogP contribution in [0.4, 0.5) is 10.1 Å². The molecular formula is C16H19FN2O. The van der Waals surface area contributed by atoms with Crippen LogP contribution in [-0.2, 0) is 13.1 Å². The largest absolute Gasteiger partial charge is 0.497 e. The first-order valence-corrected chi connectivity index (χ1v) is 6.46.